The molecule has 2 unspecified atom stereocenters. The Morgan fingerprint density at radius 1 is 1.65 bits per heavy atom. The molecule has 1 aromatic heterocycles. The lowest BCUT2D eigenvalue weighted by Gasteiger charge is -2.37. The topological polar surface area (TPSA) is 46.3 Å². The third kappa shape index (κ3) is 2.64. The maximum absolute atomic E-state index is 12.4. The number of halogens is 1. The van der Waals surface area contributed by atoms with E-state index in [1.165, 1.54) is 11.3 Å². The first-order chi connectivity index (χ1) is 8.13. The van der Waals surface area contributed by atoms with Crippen molar-refractivity contribution in [3.8, 4) is 0 Å². The SMILES string of the molecule is CC1CCC(CN)CN1C(=O)c1sccc1Cl. The summed E-state index contributed by atoms with van der Waals surface area (Å²) in [6.07, 6.45) is 2.14. The van der Waals surface area contributed by atoms with Crippen LogP contribution < -0.4 is 5.73 Å². The third-order valence-electron chi connectivity index (χ3n) is 3.39. The van der Waals surface area contributed by atoms with Crippen molar-refractivity contribution in [2.45, 2.75) is 25.8 Å². The number of amides is 1. The Balaban J connectivity index is 2.15. The highest BCUT2D eigenvalue weighted by atomic mass is 35.5. The van der Waals surface area contributed by atoms with Gasteiger partial charge in [0.25, 0.3) is 5.91 Å². The van der Waals surface area contributed by atoms with Crippen LogP contribution in [-0.2, 0) is 0 Å². The first kappa shape index (κ1) is 12.9. The molecule has 1 saturated heterocycles. The Bertz CT molecular complexity index is 407. The van der Waals surface area contributed by atoms with Crippen LogP contribution in [0.4, 0.5) is 0 Å². The van der Waals surface area contributed by atoms with Gasteiger partial charge in [-0.2, -0.15) is 0 Å². The van der Waals surface area contributed by atoms with Crippen molar-refractivity contribution < 1.29 is 4.79 Å². The van der Waals surface area contributed by atoms with Crippen molar-refractivity contribution >= 4 is 28.8 Å². The van der Waals surface area contributed by atoms with E-state index in [4.69, 9.17) is 17.3 Å². The van der Waals surface area contributed by atoms with Gasteiger partial charge in [-0.25, -0.2) is 0 Å². The van der Waals surface area contributed by atoms with Crippen LogP contribution in [0.5, 0.6) is 0 Å². The lowest BCUT2D eigenvalue weighted by atomic mass is 9.93. The number of nitrogens with zero attached hydrogens (tertiary/aromatic N) is 1. The standard InChI is InChI=1S/C12H17ClN2OS/c1-8-2-3-9(6-14)7-15(8)12(16)11-10(13)4-5-17-11/h4-5,8-9H,2-3,6-7,14H2,1H3. The Labute approximate surface area is 111 Å². The molecule has 2 atom stereocenters. The number of likely N-dealkylation sites (tertiary alicyclic amines) is 1. The summed E-state index contributed by atoms with van der Waals surface area (Å²) in [5.41, 5.74) is 5.70. The van der Waals surface area contributed by atoms with E-state index in [-0.39, 0.29) is 11.9 Å². The summed E-state index contributed by atoms with van der Waals surface area (Å²) in [6, 6.07) is 2.05. The van der Waals surface area contributed by atoms with Gasteiger partial charge in [0.2, 0.25) is 0 Å². The molecule has 1 amide bonds. The summed E-state index contributed by atoms with van der Waals surface area (Å²) in [4.78, 5) is 14.9. The molecule has 1 aliphatic rings. The Kier molecular flexibility index (Phi) is 4.07. The molecule has 17 heavy (non-hydrogen) atoms. The lowest BCUT2D eigenvalue weighted by Crippen LogP contribution is -2.47. The summed E-state index contributed by atoms with van der Waals surface area (Å²) in [5.74, 6) is 0.476. The van der Waals surface area contributed by atoms with E-state index < -0.39 is 0 Å². The second kappa shape index (κ2) is 5.38. The molecule has 94 valence electrons. The largest absolute Gasteiger partial charge is 0.335 e. The van der Waals surface area contributed by atoms with Gasteiger partial charge in [-0.1, -0.05) is 11.6 Å². The number of carbonyl (C=O) groups excluding carboxylic acids is 1. The minimum absolute atomic E-state index is 0.0515. The molecule has 0 saturated carbocycles. The number of hydrogen-bond acceptors (Lipinski definition) is 3. The first-order valence-electron chi connectivity index (χ1n) is 5.87. The van der Waals surface area contributed by atoms with Gasteiger partial charge in [0, 0.05) is 12.6 Å². The second-order valence-corrected chi connectivity index (χ2v) is 5.91. The van der Waals surface area contributed by atoms with Crippen LogP contribution in [0.3, 0.4) is 0 Å². The Hall–Kier alpha value is -0.580. The van der Waals surface area contributed by atoms with Crippen LogP contribution in [0.15, 0.2) is 11.4 Å². The predicted molar refractivity (Wildman–Crippen MR) is 71.6 cm³/mol. The summed E-state index contributed by atoms with van der Waals surface area (Å²) in [7, 11) is 0. The van der Waals surface area contributed by atoms with Crippen molar-refractivity contribution in [1.82, 2.24) is 4.90 Å². The van der Waals surface area contributed by atoms with Gasteiger partial charge in [0.05, 0.1) is 5.02 Å². The molecule has 0 spiro atoms. The minimum Gasteiger partial charge on any atom is -0.335 e. The molecule has 2 rings (SSSR count). The maximum atomic E-state index is 12.4. The molecule has 2 heterocycles. The molecule has 1 aromatic rings. The quantitative estimate of drug-likeness (QED) is 0.900. The number of hydrogen-bond donors (Lipinski definition) is 1. The monoisotopic (exact) mass is 272 g/mol. The zero-order valence-corrected chi connectivity index (χ0v) is 11.4. The minimum atomic E-state index is 0.0515. The molecular weight excluding hydrogens is 256 g/mol. The van der Waals surface area contributed by atoms with Crippen LogP contribution in [0.2, 0.25) is 5.02 Å². The average Bonchev–Trinajstić information content (AvgIpc) is 2.75. The Morgan fingerprint density at radius 2 is 2.41 bits per heavy atom. The second-order valence-electron chi connectivity index (χ2n) is 4.58. The van der Waals surface area contributed by atoms with Gasteiger partial charge < -0.3 is 10.6 Å². The molecule has 2 N–H and O–H groups in total. The van der Waals surface area contributed by atoms with Gasteiger partial charge in [-0.05, 0) is 43.7 Å². The molecule has 0 radical (unpaired) electrons. The fourth-order valence-corrected chi connectivity index (χ4v) is 3.33. The van der Waals surface area contributed by atoms with Crippen molar-refractivity contribution in [2.75, 3.05) is 13.1 Å². The van der Waals surface area contributed by atoms with Gasteiger partial charge >= 0.3 is 0 Å². The Morgan fingerprint density at radius 3 is 3.00 bits per heavy atom. The first-order valence-corrected chi connectivity index (χ1v) is 7.13. The fraction of sp³-hybridized carbons (Fsp3) is 0.583. The molecule has 1 fully saturated rings. The molecular formula is C12H17ClN2OS. The molecule has 5 heteroatoms. The summed E-state index contributed by atoms with van der Waals surface area (Å²) < 4.78 is 0. The zero-order chi connectivity index (χ0) is 12.4. The highest BCUT2D eigenvalue weighted by Crippen LogP contribution is 2.28. The highest BCUT2D eigenvalue weighted by molar-refractivity contribution is 7.12. The number of piperidine rings is 1. The van der Waals surface area contributed by atoms with Gasteiger partial charge in [0.1, 0.15) is 4.88 Å². The number of carbonyl (C=O) groups is 1. The van der Waals surface area contributed by atoms with Gasteiger partial charge in [0.15, 0.2) is 0 Å². The smallest absolute Gasteiger partial charge is 0.265 e. The fourth-order valence-electron chi connectivity index (χ4n) is 2.23. The summed E-state index contributed by atoms with van der Waals surface area (Å²) in [5, 5.41) is 2.41. The normalized spacial score (nSPS) is 25.0. The van der Waals surface area contributed by atoms with Crippen molar-refractivity contribution in [3.63, 3.8) is 0 Å². The van der Waals surface area contributed by atoms with Crippen molar-refractivity contribution in [3.05, 3.63) is 21.3 Å². The van der Waals surface area contributed by atoms with Crippen LogP contribution in [0.25, 0.3) is 0 Å². The van der Waals surface area contributed by atoms with Gasteiger partial charge in [-0.15, -0.1) is 11.3 Å². The van der Waals surface area contributed by atoms with E-state index in [2.05, 4.69) is 6.92 Å². The maximum Gasteiger partial charge on any atom is 0.265 e. The summed E-state index contributed by atoms with van der Waals surface area (Å²) >= 11 is 7.42. The van der Waals surface area contributed by atoms with E-state index in [9.17, 15) is 4.79 Å². The number of nitrogens with two attached hydrogens (primary N) is 1. The average molecular weight is 273 g/mol. The molecule has 3 nitrogen and oxygen atoms in total. The summed E-state index contributed by atoms with van der Waals surface area (Å²) in [6.45, 7) is 3.49. The van der Waals surface area contributed by atoms with Crippen LogP contribution in [0, 0.1) is 5.92 Å². The highest BCUT2D eigenvalue weighted by Gasteiger charge is 2.30. The van der Waals surface area contributed by atoms with Crippen molar-refractivity contribution in [1.29, 1.82) is 0 Å². The number of rotatable bonds is 2. The van der Waals surface area contributed by atoms with Crippen molar-refractivity contribution in [2.24, 2.45) is 11.7 Å². The van der Waals surface area contributed by atoms with E-state index in [0.29, 0.717) is 22.4 Å². The van der Waals surface area contributed by atoms with E-state index >= 15 is 0 Å². The molecule has 0 bridgehead atoms. The van der Waals surface area contributed by atoms with E-state index in [0.717, 1.165) is 19.4 Å². The third-order valence-corrected chi connectivity index (χ3v) is 4.71. The molecule has 0 aromatic carbocycles. The van der Waals surface area contributed by atoms with Crippen LogP contribution >= 0.6 is 22.9 Å². The molecule has 1 aliphatic heterocycles. The molecule has 0 aliphatic carbocycles. The lowest BCUT2D eigenvalue weighted by molar-refractivity contribution is 0.0572. The number of thiophene rings is 1. The van der Waals surface area contributed by atoms with Crippen LogP contribution in [-0.4, -0.2) is 29.9 Å². The van der Waals surface area contributed by atoms with E-state index in [1.807, 2.05) is 10.3 Å². The van der Waals surface area contributed by atoms with Gasteiger partial charge in [-0.3, -0.25) is 4.79 Å². The zero-order valence-electron chi connectivity index (χ0n) is 9.86. The van der Waals surface area contributed by atoms with Crippen LogP contribution in [0.1, 0.15) is 29.4 Å². The predicted octanol–water partition coefficient (Wildman–Crippen LogP) is 2.60. The van der Waals surface area contributed by atoms with E-state index in [1.54, 1.807) is 6.07 Å².